The van der Waals surface area contributed by atoms with Crippen LogP contribution < -0.4 is 10.6 Å². The lowest BCUT2D eigenvalue weighted by atomic mass is 10.1. The van der Waals surface area contributed by atoms with Crippen molar-refractivity contribution in [2.45, 2.75) is 81.1 Å². The van der Waals surface area contributed by atoms with Gasteiger partial charge in [0.2, 0.25) is 11.8 Å². The van der Waals surface area contributed by atoms with E-state index in [1.807, 2.05) is 27.7 Å². The largest absolute Gasteiger partial charge is 0.356 e. The highest BCUT2D eigenvalue weighted by Crippen LogP contribution is 2.03. The SMILES string of the molecule is CC[C@@H](C)CNC(=O)[C@H](C)CC.CC[C@H](C)CNC(=O)[C@@H](C)CC. The van der Waals surface area contributed by atoms with Crippen molar-refractivity contribution in [2.75, 3.05) is 13.1 Å². The molecule has 0 heterocycles. The van der Waals surface area contributed by atoms with Gasteiger partial charge in [0, 0.05) is 24.9 Å². The van der Waals surface area contributed by atoms with E-state index in [1.54, 1.807) is 0 Å². The lowest BCUT2D eigenvalue weighted by molar-refractivity contribution is -0.125. The Morgan fingerprint density at radius 1 is 0.625 bits per heavy atom. The first kappa shape index (κ1) is 25.2. The molecule has 0 bridgehead atoms. The normalized spacial score (nSPS) is 15.3. The number of hydrogen-bond donors (Lipinski definition) is 2. The van der Waals surface area contributed by atoms with E-state index in [4.69, 9.17) is 0 Å². The quantitative estimate of drug-likeness (QED) is 0.618. The van der Waals surface area contributed by atoms with E-state index in [9.17, 15) is 9.59 Å². The maximum Gasteiger partial charge on any atom is 0.222 e. The Kier molecular flexibility index (Phi) is 16.2. The first-order valence-corrected chi connectivity index (χ1v) is 9.78. The third-order valence-corrected chi connectivity index (χ3v) is 4.76. The zero-order chi connectivity index (χ0) is 19.1. The predicted octanol–water partition coefficient (Wildman–Crippen LogP) is 4.39. The van der Waals surface area contributed by atoms with Gasteiger partial charge in [-0.1, -0.05) is 68.2 Å². The van der Waals surface area contributed by atoms with E-state index in [2.05, 4.69) is 38.3 Å². The molecule has 0 aliphatic heterocycles. The molecule has 0 fully saturated rings. The van der Waals surface area contributed by atoms with Gasteiger partial charge in [-0.15, -0.1) is 0 Å². The van der Waals surface area contributed by atoms with Crippen molar-refractivity contribution in [3.8, 4) is 0 Å². The molecule has 4 heteroatoms. The van der Waals surface area contributed by atoms with Gasteiger partial charge in [-0.25, -0.2) is 0 Å². The fraction of sp³-hybridized carbons (Fsp3) is 0.900. The number of hydrogen-bond acceptors (Lipinski definition) is 2. The molecule has 0 aliphatic carbocycles. The summed E-state index contributed by atoms with van der Waals surface area (Å²) in [4.78, 5) is 22.6. The monoisotopic (exact) mass is 342 g/mol. The van der Waals surface area contributed by atoms with E-state index in [0.717, 1.165) is 38.8 Å². The molecule has 2 N–H and O–H groups in total. The highest BCUT2D eigenvalue weighted by Gasteiger charge is 2.11. The molecule has 0 radical (unpaired) electrons. The summed E-state index contributed by atoms with van der Waals surface area (Å²) in [5.74, 6) is 1.90. The lowest BCUT2D eigenvalue weighted by Crippen LogP contribution is -2.32. The van der Waals surface area contributed by atoms with Gasteiger partial charge >= 0.3 is 0 Å². The van der Waals surface area contributed by atoms with E-state index >= 15 is 0 Å². The van der Waals surface area contributed by atoms with E-state index < -0.39 is 0 Å². The highest BCUT2D eigenvalue weighted by molar-refractivity contribution is 5.78. The minimum atomic E-state index is 0.161. The summed E-state index contributed by atoms with van der Waals surface area (Å²) in [5, 5.41) is 5.89. The Bertz CT molecular complexity index is 300. The lowest BCUT2D eigenvalue weighted by Gasteiger charge is -2.13. The summed E-state index contributed by atoms with van der Waals surface area (Å²) < 4.78 is 0. The minimum absolute atomic E-state index is 0.161. The van der Waals surface area contributed by atoms with Gasteiger partial charge in [-0.2, -0.15) is 0 Å². The molecule has 2 amide bonds. The first-order valence-electron chi connectivity index (χ1n) is 9.78. The van der Waals surface area contributed by atoms with Gasteiger partial charge < -0.3 is 10.6 Å². The van der Waals surface area contributed by atoms with Crippen LogP contribution in [0.4, 0.5) is 0 Å². The average molecular weight is 343 g/mol. The van der Waals surface area contributed by atoms with E-state index in [0.29, 0.717) is 11.8 Å². The molecule has 24 heavy (non-hydrogen) atoms. The van der Waals surface area contributed by atoms with Crippen LogP contribution in [0.3, 0.4) is 0 Å². The summed E-state index contributed by atoms with van der Waals surface area (Å²) in [5.41, 5.74) is 0. The number of amides is 2. The molecule has 0 saturated heterocycles. The molecular formula is C20H42N2O2. The molecular weight excluding hydrogens is 300 g/mol. The fourth-order valence-corrected chi connectivity index (χ4v) is 1.56. The number of nitrogens with one attached hydrogen (secondary N) is 2. The van der Waals surface area contributed by atoms with Crippen LogP contribution in [0.15, 0.2) is 0 Å². The molecule has 144 valence electrons. The highest BCUT2D eigenvalue weighted by atomic mass is 16.2. The summed E-state index contributed by atoms with van der Waals surface area (Å²) in [7, 11) is 0. The molecule has 0 rings (SSSR count). The third-order valence-electron chi connectivity index (χ3n) is 4.76. The van der Waals surface area contributed by atoms with Crippen LogP contribution >= 0.6 is 0 Å². The molecule has 0 aromatic heterocycles. The molecule has 0 saturated carbocycles. The van der Waals surface area contributed by atoms with Gasteiger partial charge in [0.25, 0.3) is 0 Å². The summed E-state index contributed by atoms with van der Waals surface area (Å²) in [6.07, 6.45) is 4.10. The van der Waals surface area contributed by atoms with E-state index in [-0.39, 0.29) is 23.7 Å². The Hall–Kier alpha value is -1.06. The van der Waals surface area contributed by atoms with Crippen molar-refractivity contribution in [3.05, 3.63) is 0 Å². The standard InChI is InChI=1S/2C10H21NO/c2*1-5-8(3)7-11-10(12)9(4)6-2/h2*8-9H,5-7H2,1-4H3,(H,11,12)/t2*8-,9-/m10/s1. The third kappa shape index (κ3) is 13.4. The first-order chi connectivity index (χ1) is 11.2. The van der Waals surface area contributed by atoms with Gasteiger partial charge in [0.15, 0.2) is 0 Å². The van der Waals surface area contributed by atoms with Crippen molar-refractivity contribution in [3.63, 3.8) is 0 Å². The van der Waals surface area contributed by atoms with Gasteiger partial charge in [-0.3, -0.25) is 9.59 Å². The smallest absolute Gasteiger partial charge is 0.222 e. The summed E-state index contributed by atoms with van der Waals surface area (Å²) >= 11 is 0. The zero-order valence-corrected chi connectivity index (χ0v) is 17.4. The van der Waals surface area contributed by atoms with Crippen LogP contribution in [0.25, 0.3) is 0 Å². The number of carbonyl (C=O) groups is 2. The van der Waals surface area contributed by atoms with Gasteiger partial charge in [-0.05, 0) is 24.7 Å². The molecule has 0 aliphatic rings. The zero-order valence-electron chi connectivity index (χ0n) is 17.4. The second-order valence-corrected chi connectivity index (χ2v) is 7.14. The van der Waals surface area contributed by atoms with Crippen LogP contribution in [-0.2, 0) is 9.59 Å². The Labute approximate surface area is 150 Å². The molecule has 0 aromatic rings. The number of rotatable bonds is 10. The predicted molar refractivity (Wildman–Crippen MR) is 104 cm³/mol. The van der Waals surface area contributed by atoms with Crippen molar-refractivity contribution in [1.82, 2.24) is 10.6 Å². The minimum Gasteiger partial charge on any atom is -0.356 e. The molecule has 0 spiro atoms. The van der Waals surface area contributed by atoms with Crippen LogP contribution in [0, 0.1) is 23.7 Å². The van der Waals surface area contributed by atoms with Crippen LogP contribution in [0.5, 0.6) is 0 Å². The summed E-state index contributed by atoms with van der Waals surface area (Å²) in [6.45, 7) is 18.2. The molecule has 4 nitrogen and oxygen atoms in total. The fourth-order valence-electron chi connectivity index (χ4n) is 1.56. The van der Waals surface area contributed by atoms with E-state index in [1.165, 1.54) is 0 Å². The topological polar surface area (TPSA) is 58.2 Å². The average Bonchev–Trinajstić information content (AvgIpc) is 2.62. The maximum absolute atomic E-state index is 11.3. The summed E-state index contributed by atoms with van der Waals surface area (Å²) in [6, 6.07) is 0. The Balaban J connectivity index is 0. The van der Waals surface area contributed by atoms with Crippen LogP contribution in [-0.4, -0.2) is 24.9 Å². The van der Waals surface area contributed by atoms with Crippen molar-refractivity contribution >= 4 is 11.8 Å². The maximum atomic E-state index is 11.3. The second-order valence-electron chi connectivity index (χ2n) is 7.14. The van der Waals surface area contributed by atoms with Crippen molar-refractivity contribution < 1.29 is 9.59 Å². The second kappa shape index (κ2) is 15.5. The van der Waals surface area contributed by atoms with Crippen LogP contribution in [0.1, 0.15) is 81.1 Å². The number of carbonyl (C=O) groups excluding carboxylic acids is 2. The van der Waals surface area contributed by atoms with Crippen LogP contribution in [0.2, 0.25) is 0 Å². The Morgan fingerprint density at radius 2 is 0.917 bits per heavy atom. The molecule has 0 unspecified atom stereocenters. The van der Waals surface area contributed by atoms with Crippen molar-refractivity contribution in [2.24, 2.45) is 23.7 Å². The van der Waals surface area contributed by atoms with Gasteiger partial charge in [0.05, 0.1) is 0 Å². The van der Waals surface area contributed by atoms with Gasteiger partial charge in [0.1, 0.15) is 0 Å². The molecule has 0 aromatic carbocycles. The Morgan fingerprint density at radius 3 is 1.12 bits per heavy atom. The molecule has 4 atom stereocenters. The van der Waals surface area contributed by atoms with Crippen molar-refractivity contribution in [1.29, 1.82) is 0 Å².